The summed E-state index contributed by atoms with van der Waals surface area (Å²) in [5, 5.41) is 3.88. The van der Waals surface area contributed by atoms with Gasteiger partial charge in [0.1, 0.15) is 23.3 Å². The number of morpholine rings is 2. The normalized spacial score (nSPS) is 13.4. The molecule has 2 aliphatic heterocycles. The zero-order chi connectivity index (χ0) is 48.6. The minimum Gasteiger partial charge on any atom is -0.399 e. The van der Waals surface area contributed by atoms with E-state index in [0.717, 1.165) is 42.7 Å². The number of ether oxygens (including phenoxy) is 2. The first-order valence-corrected chi connectivity index (χ1v) is 22.1. The van der Waals surface area contributed by atoms with Crippen LogP contribution in [0.3, 0.4) is 0 Å². The maximum absolute atomic E-state index is 15.0. The van der Waals surface area contributed by atoms with Crippen LogP contribution in [0.4, 0.5) is 57.4 Å². The highest BCUT2D eigenvalue weighted by atomic mass is 35.5. The number of hydrogen-bond acceptors (Lipinski definition) is 10. The van der Waals surface area contributed by atoms with Gasteiger partial charge in [-0.1, -0.05) is 35.9 Å². The number of aromatic nitrogens is 4. The van der Waals surface area contributed by atoms with Crippen LogP contribution in [0.15, 0.2) is 109 Å². The molecule has 0 spiro atoms. The van der Waals surface area contributed by atoms with E-state index in [1.165, 1.54) is 6.07 Å². The third kappa shape index (κ3) is 10.6. The molecule has 0 unspecified atom stereocenters. The molecule has 17 heteroatoms. The lowest BCUT2D eigenvalue weighted by molar-refractivity contribution is 0.122. The molecule has 2 fully saturated rings. The zero-order valence-corrected chi connectivity index (χ0v) is 38.2. The standard InChI is InChI=1S/C26H21F2N5O.C15H9ClF2N2.C11H13N3O/c1-16-25(21-5-3-4-8-30-21)32-22-14-17(27)13-19(28)24(22)26(16)31-18-6-7-20(29-2)23(15-18)33-9-11-34-12-10-33;1-8-14(16)13-10(18)6-9(17)7-12(13)20-15(8)11-4-2-3-5-19-11;1-13-10-3-2-9(12)8-11(10)14-4-6-15-7-5-14/h3-8,13-15H,9-12H2,1H3,(H,31,32);2-7H,1H3;2-3,8H,4-7,12H2. The van der Waals surface area contributed by atoms with Gasteiger partial charge in [-0.25, -0.2) is 37.2 Å². The molecule has 0 amide bonds. The van der Waals surface area contributed by atoms with Crippen LogP contribution >= 0.6 is 11.6 Å². The van der Waals surface area contributed by atoms with Gasteiger partial charge in [0, 0.05) is 91.2 Å². The topological polar surface area (TPSA) is 123 Å². The van der Waals surface area contributed by atoms with Crippen molar-refractivity contribution in [3.8, 4) is 22.8 Å². The number of nitrogens with one attached hydrogen (secondary N) is 1. The minimum atomic E-state index is -0.715. The van der Waals surface area contributed by atoms with Crippen LogP contribution in [0.5, 0.6) is 0 Å². The molecule has 0 radical (unpaired) electrons. The van der Waals surface area contributed by atoms with Gasteiger partial charge in [0.05, 0.1) is 94.9 Å². The summed E-state index contributed by atoms with van der Waals surface area (Å²) in [5.74, 6) is -2.80. The van der Waals surface area contributed by atoms with E-state index >= 15 is 4.39 Å². The van der Waals surface area contributed by atoms with Gasteiger partial charge in [0.2, 0.25) is 11.4 Å². The summed E-state index contributed by atoms with van der Waals surface area (Å²) in [6.45, 7) is 23.8. The van der Waals surface area contributed by atoms with Crippen LogP contribution in [0, 0.1) is 50.3 Å². The molecule has 4 aromatic carbocycles. The van der Waals surface area contributed by atoms with E-state index in [-0.39, 0.29) is 26.8 Å². The lowest BCUT2D eigenvalue weighted by Crippen LogP contribution is -2.36. The van der Waals surface area contributed by atoms with Crippen molar-refractivity contribution in [2.24, 2.45) is 0 Å². The Morgan fingerprint density at radius 2 is 1.12 bits per heavy atom. The van der Waals surface area contributed by atoms with Crippen LogP contribution in [0.1, 0.15) is 11.1 Å². The number of nitrogen functional groups attached to an aromatic ring is 1. The fourth-order valence-corrected chi connectivity index (χ4v) is 8.29. The van der Waals surface area contributed by atoms with Gasteiger partial charge >= 0.3 is 0 Å². The van der Waals surface area contributed by atoms with E-state index in [2.05, 4.69) is 44.7 Å². The average molecular weight is 951 g/mol. The molecule has 3 N–H and O–H groups in total. The third-order valence-electron chi connectivity index (χ3n) is 11.4. The van der Waals surface area contributed by atoms with E-state index in [0.29, 0.717) is 102 Å². The van der Waals surface area contributed by atoms with E-state index < -0.39 is 23.3 Å². The second kappa shape index (κ2) is 21.4. The molecular weight excluding hydrogens is 908 g/mol. The maximum atomic E-state index is 15.0. The second-order valence-corrected chi connectivity index (χ2v) is 16.2. The first kappa shape index (κ1) is 47.6. The van der Waals surface area contributed by atoms with Crippen molar-refractivity contribution in [3.63, 3.8) is 0 Å². The molecule has 0 atom stereocenters. The highest BCUT2D eigenvalue weighted by Crippen LogP contribution is 2.40. The summed E-state index contributed by atoms with van der Waals surface area (Å²) in [6.07, 6.45) is 3.28. The van der Waals surface area contributed by atoms with Crippen LogP contribution < -0.4 is 20.9 Å². The monoisotopic (exact) mass is 950 g/mol. The minimum absolute atomic E-state index is 0.130. The van der Waals surface area contributed by atoms with Crippen molar-refractivity contribution in [2.75, 3.05) is 73.5 Å². The molecule has 348 valence electrons. The molecule has 8 aromatic rings. The summed E-state index contributed by atoms with van der Waals surface area (Å²) in [4.78, 5) is 28.8. The van der Waals surface area contributed by atoms with E-state index in [1.54, 1.807) is 61.8 Å². The molecule has 6 heterocycles. The molecule has 12 nitrogen and oxygen atoms in total. The molecule has 0 bridgehead atoms. The largest absolute Gasteiger partial charge is 0.399 e. The number of hydrogen-bond donors (Lipinski definition) is 2. The number of pyridine rings is 4. The Morgan fingerprint density at radius 1 is 0.623 bits per heavy atom. The van der Waals surface area contributed by atoms with Crippen molar-refractivity contribution >= 4 is 73.2 Å². The van der Waals surface area contributed by atoms with Gasteiger partial charge in [0.15, 0.2) is 0 Å². The smallest absolute Gasteiger partial charge is 0.209 e. The number of benzene rings is 4. The van der Waals surface area contributed by atoms with E-state index in [1.807, 2.05) is 37.3 Å². The fourth-order valence-electron chi connectivity index (χ4n) is 8.02. The molecule has 2 aliphatic rings. The highest BCUT2D eigenvalue weighted by Gasteiger charge is 2.22. The number of rotatable bonds is 6. The predicted molar refractivity (Wildman–Crippen MR) is 263 cm³/mol. The Labute approximate surface area is 400 Å². The first-order chi connectivity index (χ1) is 33.4. The fraction of sp³-hybridized carbons (Fsp3) is 0.192. The molecule has 69 heavy (non-hydrogen) atoms. The van der Waals surface area contributed by atoms with Gasteiger partial charge in [-0.05, 0) is 67.9 Å². The molecular formula is C52H43ClF4N10O2. The van der Waals surface area contributed by atoms with Gasteiger partial charge in [-0.2, -0.15) is 0 Å². The van der Waals surface area contributed by atoms with E-state index in [9.17, 15) is 13.2 Å². The number of nitrogens with zero attached hydrogens (tertiary/aromatic N) is 8. The number of nitrogens with two attached hydrogens (primary N) is 1. The number of halogens is 5. The molecule has 2 saturated heterocycles. The summed E-state index contributed by atoms with van der Waals surface area (Å²) < 4.78 is 67.0. The SMILES string of the molecule is Cc1c(-c2ccccn2)nc2cc(F)cc(F)c2c1Cl.[C-]#[N+]c1ccc(N)cc1N1CCOCC1.[C-]#[N+]c1ccc(Nc2c(C)c(-c3ccccn3)nc3cc(F)cc(F)c23)cc1N1CCOCC1. The van der Waals surface area contributed by atoms with Crippen molar-refractivity contribution in [3.05, 3.63) is 172 Å². The molecule has 0 saturated carbocycles. The Hall–Kier alpha value is -7.89. The van der Waals surface area contributed by atoms with E-state index in [4.69, 9.17) is 40.0 Å². The van der Waals surface area contributed by atoms with Crippen LogP contribution in [-0.2, 0) is 9.47 Å². The summed E-state index contributed by atoms with van der Waals surface area (Å²) in [7, 11) is 0. The average Bonchev–Trinajstić information content (AvgIpc) is 3.37. The third-order valence-corrected chi connectivity index (χ3v) is 11.9. The molecule has 4 aromatic heterocycles. The van der Waals surface area contributed by atoms with Crippen LogP contribution in [0.2, 0.25) is 5.02 Å². The highest BCUT2D eigenvalue weighted by molar-refractivity contribution is 6.36. The van der Waals surface area contributed by atoms with Gasteiger partial charge in [-0.3, -0.25) is 9.97 Å². The quantitative estimate of drug-likeness (QED) is 0.0946. The molecule has 10 rings (SSSR count). The van der Waals surface area contributed by atoms with Crippen molar-refractivity contribution < 1.29 is 27.0 Å². The Morgan fingerprint density at radius 3 is 1.64 bits per heavy atom. The molecule has 0 aliphatic carbocycles. The van der Waals surface area contributed by atoms with Crippen molar-refractivity contribution in [1.82, 2.24) is 19.9 Å². The predicted octanol–water partition coefficient (Wildman–Crippen LogP) is 12.2. The zero-order valence-electron chi connectivity index (χ0n) is 37.4. The second-order valence-electron chi connectivity index (χ2n) is 15.9. The number of anilines is 5. The Bertz CT molecular complexity index is 3250. The number of fused-ring (bicyclic) bond motifs is 2. The van der Waals surface area contributed by atoms with Gasteiger partial charge in [-0.15, -0.1) is 0 Å². The lowest BCUT2D eigenvalue weighted by atomic mass is 10.0. The van der Waals surface area contributed by atoms with Crippen molar-refractivity contribution in [1.29, 1.82) is 0 Å². The first-order valence-electron chi connectivity index (χ1n) is 21.7. The Balaban J connectivity index is 0.000000155. The van der Waals surface area contributed by atoms with Crippen molar-refractivity contribution in [2.45, 2.75) is 13.8 Å². The maximum Gasteiger partial charge on any atom is 0.209 e. The van der Waals surface area contributed by atoms with Gasteiger partial charge in [0.25, 0.3) is 0 Å². The Kier molecular flexibility index (Phi) is 14.7. The summed E-state index contributed by atoms with van der Waals surface area (Å²) in [5.41, 5.74) is 14.4. The van der Waals surface area contributed by atoms with Crippen LogP contribution in [0.25, 0.3) is 54.3 Å². The summed E-state index contributed by atoms with van der Waals surface area (Å²) >= 11 is 6.21. The lowest BCUT2D eigenvalue weighted by Gasteiger charge is -2.30. The van der Waals surface area contributed by atoms with Gasteiger partial charge < -0.3 is 30.3 Å². The van der Waals surface area contributed by atoms with Crippen LogP contribution in [-0.4, -0.2) is 72.5 Å². The summed E-state index contributed by atoms with van der Waals surface area (Å²) in [6, 6.07) is 25.6.